The predicted molar refractivity (Wildman–Crippen MR) is 106 cm³/mol. The van der Waals surface area contributed by atoms with Gasteiger partial charge >= 0.3 is 5.97 Å². The van der Waals surface area contributed by atoms with E-state index in [1.807, 2.05) is 31.2 Å². The molecule has 0 bridgehead atoms. The van der Waals surface area contributed by atoms with E-state index in [1.54, 1.807) is 18.9 Å². The van der Waals surface area contributed by atoms with Crippen LogP contribution in [0.5, 0.6) is 5.75 Å². The van der Waals surface area contributed by atoms with Gasteiger partial charge in [0.25, 0.3) is 0 Å². The molecule has 0 aromatic heterocycles. The first-order valence-corrected chi connectivity index (χ1v) is 9.91. The van der Waals surface area contributed by atoms with Gasteiger partial charge in [0.2, 0.25) is 0 Å². The Morgan fingerprint density at radius 2 is 2.04 bits per heavy atom. The van der Waals surface area contributed by atoms with E-state index in [0.29, 0.717) is 12.4 Å². The molecule has 0 saturated carbocycles. The Kier molecular flexibility index (Phi) is 5.61. The molecule has 2 aliphatic rings. The number of benzene rings is 1. The average molecular weight is 375 g/mol. The number of ether oxygens (including phenoxy) is 2. The van der Waals surface area contributed by atoms with Crippen LogP contribution in [0.15, 0.2) is 39.9 Å². The summed E-state index contributed by atoms with van der Waals surface area (Å²) in [5, 5.41) is 3.41. The number of hydrogen-bond donors (Lipinski definition) is 1. The number of carbonyl (C=O) groups is 1. The fraction of sp³-hybridized carbons (Fsp3) is 0.500. The molecule has 0 radical (unpaired) electrons. The lowest BCUT2D eigenvalue weighted by atomic mass is 9.78. The zero-order valence-corrected chi connectivity index (χ0v) is 16.6. The number of esters is 1. The van der Waals surface area contributed by atoms with E-state index >= 15 is 0 Å². The molecule has 0 spiro atoms. The highest BCUT2D eigenvalue weighted by Crippen LogP contribution is 2.43. The number of allylic oxidation sites excluding steroid dienone is 2. The quantitative estimate of drug-likeness (QED) is 0.805. The molecule has 1 aliphatic heterocycles. The van der Waals surface area contributed by atoms with Crippen LogP contribution in [0.4, 0.5) is 5.69 Å². The van der Waals surface area contributed by atoms with Crippen LogP contribution in [0.25, 0.3) is 0 Å². The Morgan fingerprint density at radius 3 is 2.69 bits per heavy atom. The molecular formula is C20H26N2O3S. The summed E-state index contributed by atoms with van der Waals surface area (Å²) >= 11 is 1.71. The largest absolute Gasteiger partial charge is 0.497 e. The van der Waals surface area contributed by atoms with Gasteiger partial charge in [0.15, 0.2) is 0 Å². The molecule has 1 atom stereocenters. The van der Waals surface area contributed by atoms with Crippen LogP contribution in [0.3, 0.4) is 0 Å². The zero-order valence-electron chi connectivity index (χ0n) is 15.8. The summed E-state index contributed by atoms with van der Waals surface area (Å²) in [5.74, 6) is 1.31. The second kappa shape index (κ2) is 7.74. The van der Waals surface area contributed by atoms with Crippen molar-refractivity contribution in [2.24, 2.45) is 10.4 Å². The topological polar surface area (TPSA) is 59.9 Å². The van der Waals surface area contributed by atoms with E-state index in [4.69, 9.17) is 14.5 Å². The second-order valence-electron chi connectivity index (χ2n) is 7.34. The SMILES string of the molecule is CCOC(=O)[C@@H]1CSC2=C(CC(C)(C)C/C2=N\c2ccc(OC)cc2)N1. The number of rotatable bonds is 4. The summed E-state index contributed by atoms with van der Waals surface area (Å²) in [4.78, 5) is 18.2. The number of nitrogens with one attached hydrogen (secondary N) is 1. The third-order valence-electron chi connectivity index (χ3n) is 4.49. The molecule has 1 aliphatic carbocycles. The summed E-state index contributed by atoms with van der Waals surface area (Å²) in [5.41, 5.74) is 3.20. The van der Waals surface area contributed by atoms with Gasteiger partial charge in [-0.1, -0.05) is 13.8 Å². The van der Waals surface area contributed by atoms with Crippen molar-refractivity contribution >= 4 is 29.1 Å². The van der Waals surface area contributed by atoms with Crippen LogP contribution in [-0.4, -0.2) is 37.2 Å². The second-order valence-corrected chi connectivity index (χ2v) is 8.37. The molecule has 1 aromatic rings. The first kappa shape index (κ1) is 18.8. The molecule has 140 valence electrons. The molecule has 1 aromatic carbocycles. The molecule has 5 nitrogen and oxygen atoms in total. The van der Waals surface area contributed by atoms with Crippen LogP contribution >= 0.6 is 11.8 Å². The molecule has 0 saturated heterocycles. The maximum atomic E-state index is 12.1. The summed E-state index contributed by atoms with van der Waals surface area (Å²) in [6.07, 6.45) is 1.82. The van der Waals surface area contributed by atoms with Gasteiger partial charge in [-0.2, -0.15) is 0 Å². The fourth-order valence-corrected chi connectivity index (χ4v) is 4.45. The average Bonchev–Trinajstić information content (AvgIpc) is 2.61. The van der Waals surface area contributed by atoms with Gasteiger partial charge in [0.05, 0.1) is 25.1 Å². The Bertz CT molecular complexity index is 738. The van der Waals surface area contributed by atoms with Crippen molar-refractivity contribution in [1.82, 2.24) is 5.32 Å². The van der Waals surface area contributed by atoms with Gasteiger partial charge in [0.1, 0.15) is 11.8 Å². The van der Waals surface area contributed by atoms with Crippen molar-refractivity contribution in [3.63, 3.8) is 0 Å². The van der Waals surface area contributed by atoms with Gasteiger partial charge in [-0.05, 0) is 49.4 Å². The van der Waals surface area contributed by atoms with Crippen molar-refractivity contribution < 1.29 is 14.3 Å². The first-order chi connectivity index (χ1) is 12.4. The van der Waals surface area contributed by atoms with Gasteiger partial charge in [-0.3, -0.25) is 4.99 Å². The highest BCUT2D eigenvalue weighted by atomic mass is 32.2. The maximum absolute atomic E-state index is 12.1. The number of thioether (sulfide) groups is 1. The van der Waals surface area contributed by atoms with Gasteiger partial charge < -0.3 is 14.8 Å². The van der Waals surface area contributed by atoms with Crippen LogP contribution in [0, 0.1) is 5.41 Å². The standard InChI is InChI=1S/C20H26N2O3S/c1-5-25-19(23)17-12-26-18-15(10-20(2,3)11-16(18)22-17)21-13-6-8-14(24-4)9-7-13/h6-9,17,22H,5,10-12H2,1-4H3/b21-15+/t17-/m0/s1. The summed E-state index contributed by atoms with van der Waals surface area (Å²) in [7, 11) is 1.66. The van der Waals surface area contributed by atoms with Crippen molar-refractivity contribution in [3.05, 3.63) is 34.9 Å². The smallest absolute Gasteiger partial charge is 0.329 e. The third kappa shape index (κ3) is 4.23. The molecule has 6 heteroatoms. The van der Waals surface area contributed by atoms with Crippen molar-refractivity contribution in [2.45, 2.75) is 39.7 Å². The van der Waals surface area contributed by atoms with Crippen molar-refractivity contribution in [3.8, 4) is 5.75 Å². The van der Waals surface area contributed by atoms with E-state index < -0.39 is 0 Å². The molecule has 1 N–H and O–H groups in total. The predicted octanol–water partition coefficient (Wildman–Crippen LogP) is 4.07. The highest BCUT2D eigenvalue weighted by Gasteiger charge is 2.37. The number of hydrogen-bond acceptors (Lipinski definition) is 6. The summed E-state index contributed by atoms with van der Waals surface area (Å²) < 4.78 is 10.4. The van der Waals surface area contributed by atoms with Crippen LogP contribution in [0.2, 0.25) is 0 Å². The minimum atomic E-state index is -0.283. The summed E-state index contributed by atoms with van der Waals surface area (Å²) in [6, 6.07) is 7.50. The monoisotopic (exact) mass is 374 g/mol. The van der Waals surface area contributed by atoms with E-state index in [-0.39, 0.29) is 17.4 Å². The molecule has 3 rings (SSSR count). The lowest BCUT2D eigenvalue weighted by Crippen LogP contribution is -2.45. The van der Waals surface area contributed by atoms with E-state index in [2.05, 4.69) is 19.2 Å². The normalized spacial score (nSPS) is 23.2. The highest BCUT2D eigenvalue weighted by molar-refractivity contribution is 8.04. The van der Waals surface area contributed by atoms with Gasteiger partial charge in [-0.15, -0.1) is 11.8 Å². The molecule has 0 amide bonds. The maximum Gasteiger partial charge on any atom is 0.329 e. The number of aliphatic imine (C=N–C) groups is 1. The molecule has 0 unspecified atom stereocenters. The first-order valence-electron chi connectivity index (χ1n) is 8.93. The van der Waals surface area contributed by atoms with Crippen LogP contribution in [-0.2, 0) is 9.53 Å². The Labute approximate surface area is 159 Å². The molecule has 26 heavy (non-hydrogen) atoms. The zero-order chi connectivity index (χ0) is 18.7. The van der Waals surface area contributed by atoms with Crippen LogP contribution < -0.4 is 10.1 Å². The minimum absolute atomic E-state index is 0.0915. The Balaban J connectivity index is 1.89. The fourth-order valence-electron chi connectivity index (χ4n) is 3.31. The number of nitrogens with zero attached hydrogens (tertiary/aromatic N) is 1. The minimum Gasteiger partial charge on any atom is -0.497 e. The Morgan fingerprint density at radius 1 is 1.31 bits per heavy atom. The summed E-state index contributed by atoms with van der Waals surface area (Å²) in [6.45, 7) is 6.71. The van der Waals surface area contributed by atoms with Crippen LogP contribution in [0.1, 0.15) is 33.6 Å². The molecular weight excluding hydrogens is 348 g/mol. The number of methoxy groups -OCH3 is 1. The number of carbonyl (C=O) groups excluding carboxylic acids is 1. The van der Waals surface area contributed by atoms with Gasteiger partial charge in [-0.25, -0.2) is 4.79 Å². The van der Waals surface area contributed by atoms with Crippen molar-refractivity contribution in [1.29, 1.82) is 0 Å². The third-order valence-corrected chi connectivity index (χ3v) is 5.76. The van der Waals surface area contributed by atoms with E-state index in [1.165, 1.54) is 4.91 Å². The lowest BCUT2D eigenvalue weighted by Gasteiger charge is -2.38. The molecule has 0 fully saturated rings. The lowest BCUT2D eigenvalue weighted by molar-refractivity contribution is -0.144. The van der Waals surface area contributed by atoms with Crippen molar-refractivity contribution in [2.75, 3.05) is 19.5 Å². The van der Waals surface area contributed by atoms with E-state index in [9.17, 15) is 4.79 Å². The van der Waals surface area contributed by atoms with E-state index in [0.717, 1.165) is 35.7 Å². The van der Waals surface area contributed by atoms with Gasteiger partial charge in [0, 0.05) is 16.4 Å². The molecule has 1 heterocycles. The Hall–Kier alpha value is -1.95.